The second-order valence-corrected chi connectivity index (χ2v) is 11.5. The van der Waals surface area contributed by atoms with E-state index >= 15 is 0 Å². The van der Waals surface area contributed by atoms with Gasteiger partial charge in [-0.3, -0.25) is 4.79 Å². The molecule has 0 aromatic heterocycles. The fourth-order valence-corrected chi connectivity index (χ4v) is 6.51. The summed E-state index contributed by atoms with van der Waals surface area (Å²) in [5.41, 5.74) is 3.08. The van der Waals surface area contributed by atoms with E-state index in [0.717, 1.165) is 28.5 Å². The first-order valence-corrected chi connectivity index (χ1v) is 13.1. The van der Waals surface area contributed by atoms with Gasteiger partial charge in [0.2, 0.25) is 5.91 Å². The zero-order valence-electron chi connectivity index (χ0n) is 19.6. The van der Waals surface area contributed by atoms with E-state index in [9.17, 15) is 18.0 Å². The first-order valence-electron chi connectivity index (χ1n) is 11.5. The Morgan fingerprint density at radius 2 is 1.79 bits per heavy atom. The van der Waals surface area contributed by atoms with E-state index in [4.69, 9.17) is 11.6 Å². The summed E-state index contributed by atoms with van der Waals surface area (Å²) in [5, 5.41) is 4.20. The lowest BCUT2D eigenvalue weighted by atomic mass is 9.83. The molecule has 0 bridgehead atoms. The molecule has 3 nitrogen and oxygen atoms in total. The summed E-state index contributed by atoms with van der Waals surface area (Å²) in [7, 11) is 1.28. The van der Waals surface area contributed by atoms with E-state index in [1.165, 1.54) is 30.3 Å². The van der Waals surface area contributed by atoms with Gasteiger partial charge in [0.15, 0.2) is 6.04 Å². The summed E-state index contributed by atoms with van der Waals surface area (Å²) < 4.78 is 42.2. The highest BCUT2D eigenvalue weighted by molar-refractivity contribution is 7.99. The highest BCUT2D eigenvalue weighted by Crippen LogP contribution is 2.42. The molecule has 0 radical (unpaired) electrons. The number of thioether (sulfide) groups is 1. The largest absolute Gasteiger partial charge is 0.413 e. The van der Waals surface area contributed by atoms with Crippen LogP contribution in [0.4, 0.5) is 18.9 Å². The van der Waals surface area contributed by atoms with Crippen molar-refractivity contribution in [3.8, 4) is 0 Å². The summed E-state index contributed by atoms with van der Waals surface area (Å²) in [6.07, 6.45) is -2.51. The summed E-state index contributed by atoms with van der Waals surface area (Å²) >= 11 is 7.91. The smallest absolute Gasteiger partial charge is 0.381 e. The number of carbonyl (C=O) groups is 1. The van der Waals surface area contributed by atoms with E-state index in [-0.39, 0.29) is 22.9 Å². The Hall–Kier alpha value is -1.86. The molecule has 1 amide bonds. The van der Waals surface area contributed by atoms with Crippen molar-refractivity contribution in [2.45, 2.75) is 56.8 Å². The Morgan fingerprint density at radius 1 is 1.15 bits per heavy atom. The lowest BCUT2D eigenvalue weighted by molar-refractivity contribution is -0.190. The van der Waals surface area contributed by atoms with Crippen LogP contribution in [0.15, 0.2) is 42.5 Å². The Morgan fingerprint density at radius 3 is 2.41 bits per heavy atom. The minimum atomic E-state index is -4.56. The van der Waals surface area contributed by atoms with Crippen LogP contribution >= 0.6 is 23.4 Å². The third-order valence-corrected chi connectivity index (χ3v) is 8.52. The Kier molecular flexibility index (Phi) is 7.16. The van der Waals surface area contributed by atoms with Crippen LogP contribution in [-0.2, 0) is 16.6 Å². The van der Waals surface area contributed by atoms with Crippen LogP contribution < -0.4 is 5.32 Å². The van der Waals surface area contributed by atoms with Gasteiger partial charge < -0.3 is 10.2 Å². The quantitative estimate of drug-likeness (QED) is 0.477. The summed E-state index contributed by atoms with van der Waals surface area (Å²) in [6.45, 7) is 4.31. The molecule has 0 spiro atoms. The number of nitrogens with zero attached hydrogens (tertiary/aromatic N) is 1. The number of nitrogens with one attached hydrogen (secondary N) is 1. The monoisotopic (exact) mass is 510 g/mol. The molecule has 184 valence electrons. The van der Waals surface area contributed by atoms with Gasteiger partial charge in [-0.05, 0) is 71.7 Å². The maximum absolute atomic E-state index is 14.1. The molecule has 1 N–H and O–H groups in total. The number of rotatable bonds is 5. The second kappa shape index (κ2) is 9.65. The molecular weight excluding hydrogens is 481 g/mol. The van der Waals surface area contributed by atoms with Crippen molar-refractivity contribution in [3.05, 3.63) is 64.2 Å². The van der Waals surface area contributed by atoms with Crippen molar-refractivity contribution in [2.24, 2.45) is 5.92 Å². The molecule has 1 aliphatic heterocycles. The number of fused-ring (bicyclic) bond motifs is 1. The van der Waals surface area contributed by atoms with Crippen LogP contribution in [0.5, 0.6) is 0 Å². The minimum absolute atomic E-state index is 0.0693. The van der Waals surface area contributed by atoms with Crippen molar-refractivity contribution in [3.63, 3.8) is 0 Å². The molecule has 4 rings (SSSR count). The number of halogens is 4. The summed E-state index contributed by atoms with van der Waals surface area (Å²) in [5.74, 6) is 0.870. The minimum Gasteiger partial charge on any atom is -0.381 e. The predicted octanol–water partition coefficient (Wildman–Crippen LogP) is 6.86. The van der Waals surface area contributed by atoms with E-state index in [1.807, 2.05) is 18.2 Å². The predicted molar refractivity (Wildman–Crippen MR) is 134 cm³/mol. The molecule has 8 heteroatoms. The van der Waals surface area contributed by atoms with Crippen molar-refractivity contribution in [2.75, 3.05) is 23.9 Å². The van der Waals surface area contributed by atoms with Crippen LogP contribution in [0.25, 0.3) is 0 Å². The third-order valence-electron chi connectivity index (χ3n) is 7.24. The normalized spacial score (nSPS) is 21.1. The SMILES string of the molecule is CN(C(=O)C1CCSCC1)C(c1ccc(NC2Cc3cc(Cl)ccc3C2(C)C)cc1)C(F)(F)F. The van der Waals surface area contributed by atoms with Crippen LogP contribution in [0.2, 0.25) is 5.02 Å². The molecule has 1 aliphatic carbocycles. The molecular formula is C26H30ClF3N2OS. The average Bonchev–Trinajstić information content (AvgIpc) is 3.02. The lowest BCUT2D eigenvalue weighted by Crippen LogP contribution is -2.43. The van der Waals surface area contributed by atoms with Crippen molar-refractivity contribution in [1.29, 1.82) is 0 Å². The number of benzene rings is 2. The van der Waals surface area contributed by atoms with Crippen LogP contribution in [0.3, 0.4) is 0 Å². The van der Waals surface area contributed by atoms with Crippen molar-refractivity contribution < 1.29 is 18.0 Å². The van der Waals surface area contributed by atoms with Crippen LogP contribution in [-0.4, -0.2) is 41.6 Å². The lowest BCUT2D eigenvalue weighted by Gasteiger charge is -2.34. The van der Waals surface area contributed by atoms with Gasteiger partial charge in [-0.15, -0.1) is 0 Å². The van der Waals surface area contributed by atoms with Gasteiger partial charge in [0, 0.05) is 35.1 Å². The molecule has 1 saturated heterocycles. The highest BCUT2D eigenvalue weighted by atomic mass is 35.5. The van der Waals surface area contributed by atoms with Gasteiger partial charge in [-0.1, -0.05) is 43.6 Å². The number of amides is 1. The van der Waals surface area contributed by atoms with E-state index in [1.54, 1.807) is 23.9 Å². The number of alkyl halides is 3. The standard InChI is InChI=1S/C26H30ClF3N2OS/c1-25(2)21-9-6-19(27)14-18(21)15-22(25)31-20-7-4-16(5-8-20)23(26(28,29)30)32(3)24(33)17-10-12-34-13-11-17/h4-9,14,17,22-23,31H,10-13,15H2,1-3H3. The molecule has 1 heterocycles. The van der Waals surface area contributed by atoms with E-state index in [0.29, 0.717) is 17.9 Å². The Balaban J connectivity index is 1.51. The van der Waals surface area contributed by atoms with Gasteiger partial charge in [0.1, 0.15) is 0 Å². The van der Waals surface area contributed by atoms with Gasteiger partial charge in [0.25, 0.3) is 0 Å². The zero-order chi connectivity index (χ0) is 24.7. The Bertz CT molecular complexity index is 1040. The molecule has 2 aromatic rings. The number of hydrogen-bond donors (Lipinski definition) is 1. The maximum Gasteiger partial charge on any atom is 0.413 e. The first-order chi connectivity index (χ1) is 16.0. The Labute approximate surface area is 208 Å². The summed E-state index contributed by atoms with van der Waals surface area (Å²) in [4.78, 5) is 13.7. The second-order valence-electron chi connectivity index (χ2n) is 9.83. The summed E-state index contributed by atoms with van der Waals surface area (Å²) in [6, 6.07) is 10.4. The third kappa shape index (κ3) is 5.06. The molecule has 2 unspecified atom stereocenters. The van der Waals surface area contributed by atoms with Gasteiger partial charge in [-0.2, -0.15) is 24.9 Å². The van der Waals surface area contributed by atoms with Crippen LogP contribution in [0.1, 0.15) is 49.4 Å². The first kappa shape index (κ1) is 25.2. The number of anilines is 1. The fraction of sp³-hybridized carbons (Fsp3) is 0.500. The average molecular weight is 511 g/mol. The molecule has 2 atom stereocenters. The molecule has 2 aromatic carbocycles. The van der Waals surface area contributed by atoms with Crippen molar-refractivity contribution in [1.82, 2.24) is 4.90 Å². The number of carbonyl (C=O) groups excluding carboxylic acids is 1. The topological polar surface area (TPSA) is 32.3 Å². The van der Waals surface area contributed by atoms with Gasteiger partial charge in [0.05, 0.1) is 0 Å². The maximum atomic E-state index is 14.1. The number of hydrogen-bond acceptors (Lipinski definition) is 3. The molecule has 34 heavy (non-hydrogen) atoms. The molecule has 2 aliphatic rings. The molecule has 1 fully saturated rings. The van der Waals surface area contributed by atoms with Gasteiger partial charge in [-0.25, -0.2) is 0 Å². The molecule has 0 saturated carbocycles. The van der Waals surface area contributed by atoms with E-state index in [2.05, 4.69) is 19.2 Å². The van der Waals surface area contributed by atoms with Gasteiger partial charge >= 0.3 is 6.18 Å². The van der Waals surface area contributed by atoms with Crippen LogP contribution in [0, 0.1) is 5.92 Å². The fourth-order valence-electron chi connectivity index (χ4n) is 5.21. The van der Waals surface area contributed by atoms with Crippen molar-refractivity contribution >= 4 is 35.0 Å². The zero-order valence-corrected chi connectivity index (χ0v) is 21.2. The highest BCUT2D eigenvalue weighted by Gasteiger charge is 2.46. The van der Waals surface area contributed by atoms with E-state index < -0.39 is 18.1 Å².